The van der Waals surface area contributed by atoms with Crippen molar-refractivity contribution < 1.29 is 4.79 Å². The zero-order valence-corrected chi connectivity index (χ0v) is 22.7. The van der Waals surface area contributed by atoms with Crippen LogP contribution in [0.25, 0.3) is 5.65 Å². The van der Waals surface area contributed by atoms with Gasteiger partial charge in [-0.05, 0) is 61.9 Å². The van der Waals surface area contributed by atoms with E-state index in [9.17, 15) is 4.79 Å². The first kappa shape index (κ1) is 25.8. The third kappa shape index (κ3) is 5.85. The van der Waals surface area contributed by atoms with Crippen molar-refractivity contribution in [3.05, 3.63) is 100 Å². The predicted octanol–water partition coefficient (Wildman–Crippen LogP) is 4.70. The van der Waals surface area contributed by atoms with E-state index in [4.69, 9.17) is 0 Å². The van der Waals surface area contributed by atoms with Crippen molar-refractivity contribution in [3.8, 4) is 11.8 Å². The van der Waals surface area contributed by atoms with E-state index in [0.717, 1.165) is 60.8 Å². The monoisotopic (exact) mass is 505 g/mol. The Morgan fingerprint density at radius 3 is 2.55 bits per heavy atom. The zero-order chi connectivity index (χ0) is 26.6. The van der Waals surface area contributed by atoms with Gasteiger partial charge in [0.1, 0.15) is 5.69 Å². The van der Waals surface area contributed by atoms with E-state index in [1.165, 1.54) is 11.1 Å². The second kappa shape index (κ2) is 11.3. The fourth-order valence-corrected chi connectivity index (χ4v) is 5.01. The molecule has 1 fully saturated rings. The minimum atomic E-state index is 0.103. The Bertz CT molecular complexity index is 1520. The summed E-state index contributed by atoms with van der Waals surface area (Å²) in [6, 6.07) is 12.9. The number of aromatic nitrogens is 3. The molecule has 0 unspecified atom stereocenters. The third-order valence-corrected chi connectivity index (χ3v) is 7.50. The average Bonchev–Trinajstić information content (AvgIpc) is 3.33. The van der Waals surface area contributed by atoms with E-state index in [2.05, 4.69) is 70.6 Å². The lowest BCUT2D eigenvalue weighted by atomic mass is 9.96. The molecule has 5 rings (SSSR count). The second-order valence-corrected chi connectivity index (χ2v) is 10.5. The van der Waals surface area contributed by atoms with Gasteiger partial charge < -0.3 is 0 Å². The van der Waals surface area contributed by atoms with Crippen molar-refractivity contribution in [3.63, 3.8) is 0 Å². The Kier molecular flexibility index (Phi) is 7.69. The van der Waals surface area contributed by atoms with Crippen LogP contribution in [0.5, 0.6) is 0 Å². The van der Waals surface area contributed by atoms with Crippen LogP contribution < -0.4 is 0 Å². The quantitative estimate of drug-likeness (QED) is 0.281. The Morgan fingerprint density at radius 2 is 1.79 bits per heavy atom. The molecule has 194 valence electrons. The van der Waals surface area contributed by atoms with Crippen LogP contribution in [0.4, 0.5) is 0 Å². The number of benzene rings is 2. The lowest BCUT2D eigenvalue weighted by molar-refractivity contribution is 0.0992. The highest BCUT2D eigenvalue weighted by atomic mass is 16.1. The van der Waals surface area contributed by atoms with Crippen LogP contribution in [0.2, 0.25) is 0 Å². The Hall–Kier alpha value is -3.79. The maximum atomic E-state index is 13.2. The fraction of sp³-hybridized carbons (Fsp3) is 0.344. The normalized spacial score (nSPS) is 14.6. The van der Waals surface area contributed by atoms with Crippen molar-refractivity contribution in [2.75, 3.05) is 26.2 Å². The number of imidazole rings is 1. The maximum absolute atomic E-state index is 13.2. The number of nitrogens with zero attached hydrogens (tertiary/aromatic N) is 5. The van der Waals surface area contributed by atoms with E-state index >= 15 is 0 Å². The molecular weight excluding hydrogens is 470 g/mol. The topological polar surface area (TPSA) is 53.7 Å². The molecule has 0 atom stereocenters. The Morgan fingerprint density at radius 1 is 0.974 bits per heavy atom. The van der Waals surface area contributed by atoms with Crippen molar-refractivity contribution in [2.45, 2.75) is 46.7 Å². The molecule has 6 nitrogen and oxygen atoms in total. The highest BCUT2D eigenvalue weighted by Gasteiger charge is 2.19. The third-order valence-electron chi connectivity index (χ3n) is 7.50. The number of fused-ring (bicyclic) bond motifs is 1. The van der Waals surface area contributed by atoms with Gasteiger partial charge in [-0.2, -0.15) is 0 Å². The van der Waals surface area contributed by atoms with E-state index in [1.54, 1.807) is 18.6 Å². The summed E-state index contributed by atoms with van der Waals surface area (Å²) in [7, 11) is 0. The molecule has 2 aromatic heterocycles. The van der Waals surface area contributed by atoms with Gasteiger partial charge in [-0.25, -0.2) is 4.98 Å². The number of rotatable bonds is 6. The van der Waals surface area contributed by atoms with E-state index in [-0.39, 0.29) is 5.78 Å². The summed E-state index contributed by atoms with van der Waals surface area (Å²) < 4.78 is 1.90. The number of carbonyl (C=O) groups is 1. The molecule has 0 amide bonds. The van der Waals surface area contributed by atoms with Gasteiger partial charge >= 0.3 is 0 Å². The summed E-state index contributed by atoms with van der Waals surface area (Å²) in [5.74, 6) is 6.54. The first-order valence-corrected chi connectivity index (χ1v) is 13.3. The molecule has 1 saturated heterocycles. The van der Waals surface area contributed by atoms with Gasteiger partial charge in [-0.15, -0.1) is 0 Å². The number of aryl methyl sites for hydroxylation is 2. The van der Waals surface area contributed by atoms with Crippen molar-refractivity contribution in [1.29, 1.82) is 0 Å². The molecule has 0 bridgehead atoms. The van der Waals surface area contributed by atoms with E-state index in [1.807, 2.05) is 35.7 Å². The summed E-state index contributed by atoms with van der Waals surface area (Å²) in [5.41, 5.74) is 7.77. The molecule has 1 aliphatic rings. The first-order chi connectivity index (χ1) is 18.4. The number of hydrogen-bond donors (Lipinski definition) is 0. The highest BCUT2D eigenvalue weighted by Crippen LogP contribution is 2.18. The summed E-state index contributed by atoms with van der Waals surface area (Å²) >= 11 is 0. The van der Waals surface area contributed by atoms with Gasteiger partial charge in [0.2, 0.25) is 0 Å². The average molecular weight is 506 g/mol. The van der Waals surface area contributed by atoms with Gasteiger partial charge in [-0.3, -0.25) is 24.0 Å². The molecule has 4 aromatic rings. The molecule has 2 aromatic carbocycles. The standard InChI is InChI=1S/C32H35N5O/c1-23(2)36-15-13-35(14-16-36)22-29-8-6-26(17-25(29)4)18-31(38)28-7-5-24(3)27(19-28)9-10-30-20-34-32-21-33-11-12-37(30)32/h5-8,11-12,17,19-21,23H,13-16,18,22H2,1-4H3. The molecule has 0 aliphatic carbocycles. The van der Waals surface area contributed by atoms with Gasteiger partial charge in [-0.1, -0.05) is 36.3 Å². The molecule has 3 heterocycles. The summed E-state index contributed by atoms with van der Waals surface area (Å²) in [4.78, 5) is 26.7. The molecule has 38 heavy (non-hydrogen) atoms. The number of carbonyl (C=O) groups excluding carboxylic acids is 1. The SMILES string of the molecule is Cc1ccc(C(=O)Cc2ccc(CN3CCN(C(C)C)CC3)c(C)c2)cc1C#Cc1cnc2cnccn12. The van der Waals surface area contributed by atoms with Crippen LogP contribution in [-0.2, 0) is 13.0 Å². The molecule has 0 radical (unpaired) electrons. The largest absolute Gasteiger partial charge is 0.298 e. The van der Waals surface area contributed by atoms with Crippen LogP contribution in [-0.4, -0.2) is 62.2 Å². The number of ketones is 1. The number of Topliss-reactive ketones (excluding diaryl/α,β-unsaturated/α-hetero) is 1. The minimum Gasteiger partial charge on any atom is -0.298 e. The van der Waals surface area contributed by atoms with Gasteiger partial charge in [0, 0.05) is 68.7 Å². The maximum Gasteiger partial charge on any atom is 0.167 e. The summed E-state index contributed by atoms with van der Waals surface area (Å²) in [5, 5.41) is 0. The number of piperazine rings is 1. The predicted molar refractivity (Wildman–Crippen MR) is 151 cm³/mol. The first-order valence-electron chi connectivity index (χ1n) is 13.3. The highest BCUT2D eigenvalue weighted by molar-refractivity contribution is 5.98. The molecule has 1 aliphatic heterocycles. The smallest absolute Gasteiger partial charge is 0.167 e. The van der Waals surface area contributed by atoms with Crippen molar-refractivity contribution >= 4 is 11.4 Å². The van der Waals surface area contributed by atoms with Crippen LogP contribution in [0.3, 0.4) is 0 Å². The van der Waals surface area contributed by atoms with Crippen LogP contribution in [0.15, 0.2) is 61.2 Å². The fourth-order valence-electron chi connectivity index (χ4n) is 5.01. The van der Waals surface area contributed by atoms with Gasteiger partial charge in [0.25, 0.3) is 0 Å². The number of hydrogen-bond acceptors (Lipinski definition) is 5. The summed E-state index contributed by atoms with van der Waals surface area (Å²) in [6.07, 6.45) is 7.39. The zero-order valence-electron chi connectivity index (χ0n) is 22.7. The van der Waals surface area contributed by atoms with E-state index in [0.29, 0.717) is 18.0 Å². The van der Waals surface area contributed by atoms with Crippen LogP contribution >= 0.6 is 0 Å². The van der Waals surface area contributed by atoms with Crippen LogP contribution in [0.1, 0.15) is 57.7 Å². The Labute approximate surface area is 225 Å². The lowest BCUT2D eigenvalue weighted by Crippen LogP contribution is -2.48. The lowest BCUT2D eigenvalue weighted by Gasteiger charge is -2.37. The molecule has 0 spiro atoms. The van der Waals surface area contributed by atoms with Crippen molar-refractivity contribution in [2.24, 2.45) is 0 Å². The van der Waals surface area contributed by atoms with Crippen LogP contribution in [0, 0.1) is 25.7 Å². The van der Waals surface area contributed by atoms with E-state index < -0.39 is 0 Å². The van der Waals surface area contributed by atoms with Crippen molar-refractivity contribution in [1.82, 2.24) is 24.2 Å². The minimum absolute atomic E-state index is 0.103. The second-order valence-electron chi connectivity index (χ2n) is 10.5. The Balaban J connectivity index is 1.25. The van der Waals surface area contributed by atoms with Gasteiger partial charge in [0.05, 0.1) is 12.4 Å². The molecular formula is C32H35N5O. The molecule has 0 saturated carbocycles. The summed E-state index contributed by atoms with van der Waals surface area (Å²) in [6.45, 7) is 14.1. The molecule has 6 heteroatoms. The van der Waals surface area contributed by atoms with Gasteiger partial charge in [0.15, 0.2) is 11.4 Å². The molecule has 0 N–H and O–H groups in total.